The summed E-state index contributed by atoms with van der Waals surface area (Å²) >= 11 is 0. The Hall–Kier alpha value is -0.570. The molecule has 0 bridgehead atoms. The van der Waals surface area contributed by atoms with Crippen LogP contribution in [0.3, 0.4) is 0 Å². The molecule has 88 valence electrons. The second-order valence-corrected chi connectivity index (χ2v) is 6.15. The number of nitrogens with two attached hydrogens (primary N) is 1. The Labute approximate surface area is 92.8 Å². The zero-order valence-corrected chi connectivity index (χ0v) is 10.7. The molecule has 0 aromatic carbocycles. The second kappa shape index (κ2) is 3.48. The smallest absolute Gasteiger partial charge is 0.237 e. The van der Waals surface area contributed by atoms with Gasteiger partial charge in [0.1, 0.15) is 0 Å². The van der Waals surface area contributed by atoms with Crippen LogP contribution in [0.1, 0.15) is 41.5 Å². The summed E-state index contributed by atoms with van der Waals surface area (Å²) in [6.45, 7) is 12.6. The number of carbonyl (C=O) groups is 1. The fourth-order valence-corrected chi connectivity index (χ4v) is 2.10. The highest BCUT2D eigenvalue weighted by Gasteiger charge is 2.65. The molecule has 0 unspecified atom stereocenters. The first-order chi connectivity index (χ1) is 6.62. The van der Waals surface area contributed by atoms with Gasteiger partial charge in [-0.1, -0.05) is 41.5 Å². The van der Waals surface area contributed by atoms with Gasteiger partial charge in [0.25, 0.3) is 0 Å². The van der Waals surface area contributed by atoms with Crippen LogP contribution < -0.4 is 11.1 Å². The van der Waals surface area contributed by atoms with Crippen molar-refractivity contribution in [2.75, 3.05) is 0 Å². The lowest BCUT2D eigenvalue weighted by molar-refractivity contribution is -0.123. The summed E-state index contributed by atoms with van der Waals surface area (Å²) in [5.41, 5.74) is 6.16. The molecule has 0 aromatic rings. The molecule has 0 saturated heterocycles. The van der Waals surface area contributed by atoms with E-state index in [0.717, 1.165) is 0 Å². The molecule has 3 N–H and O–H groups in total. The van der Waals surface area contributed by atoms with Gasteiger partial charge in [-0.3, -0.25) is 4.79 Å². The van der Waals surface area contributed by atoms with Gasteiger partial charge in [-0.05, 0) is 16.7 Å². The summed E-state index contributed by atoms with van der Waals surface area (Å²) in [5.74, 6) is 0.170. The maximum atomic E-state index is 11.8. The highest BCUT2D eigenvalue weighted by Crippen LogP contribution is 2.62. The van der Waals surface area contributed by atoms with E-state index in [2.05, 4.69) is 33.0 Å². The number of carbonyl (C=O) groups excluding carboxylic acids is 1. The molecule has 1 fully saturated rings. The first-order valence-electron chi connectivity index (χ1n) is 5.68. The van der Waals surface area contributed by atoms with Crippen molar-refractivity contribution in [3.05, 3.63) is 0 Å². The average molecular weight is 212 g/mol. The van der Waals surface area contributed by atoms with Crippen LogP contribution in [0.4, 0.5) is 0 Å². The van der Waals surface area contributed by atoms with Crippen LogP contribution in [0.25, 0.3) is 0 Å². The molecule has 1 aliphatic carbocycles. The lowest BCUT2D eigenvalue weighted by Crippen LogP contribution is -2.46. The molecular weight excluding hydrogens is 188 g/mol. The number of hydrogen-bond acceptors (Lipinski definition) is 2. The molecule has 1 saturated carbocycles. The fourth-order valence-electron chi connectivity index (χ4n) is 2.10. The normalized spacial score (nSPS) is 25.1. The van der Waals surface area contributed by atoms with E-state index in [1.54, 1.807) is 0 Å². The Kier molecular flexibility index (Phi) is 2.90. The molecule has 3 nitrogen and oxygen atoms in total. The predicted molar refractivity (Wildman–Crippen MR) is 62.3 cm³/mol. The van der Waals surface area contributed by atoms with Crippen molar-refractivity contribution < 1.29 is 4.79 Å². The summed E-state index contributed by atoms with van der Waals surface area (Å²) < 4.78 is 0. The van der Waals surface area contributed by atoms with Gasteiger partial charge in [0.05, 0.1) is 6.04 Å². The van der Waals surface area contributed by atoms with Gasteiger partial charge in [0.2, 0.25) is 5.91 Å². The third kappa shape index (κ3) is 1.89. The molecule has 0 spiro atoms. The summed E-state index contributed by atoms with van der Waals surface area (Å²) in [6.07, 6.45) is 0. The predicted octanol–water partition coefficient (Wildman–Crippen LogP) is 1.52. The van der Waals surface area contributed by atoms with E-state index >= 15 is 0 Å². The molecular formula is C12H24N2O. The third-order valence-electron chi connectivity index (χ3n) is 4.33. The Balaban J connectivity index is 2.56. The van der Waals surface area contributed by atoms with E-state index in [4.69, 9.17) is 5.73 Å². The van der Waals surface area contributed by atoms with E-state index < -0.39 is 6.04 Å². The van der Waals surface area contributed by atoms with Crippen LogP contribution in [-0.2, 0) is 4.79 Å². The lowest BCUT2D eigenvalue weighted by Gasteiger charge is -2.16. The Morgan fingerprint density at radius 2 is 1.60 bits per heavy atom. The van der Waals surface area contributed by atoms with E-state index in [9.17, 15) is 4.79 Å². The van der Waals surface area contributed by atoms with E-state index in [1.165, 1.54) is 0 Å². The lowest BCUT2D eigenvalue weighted by atomic mass is 10.0. The molecule has 3 heteroatoms. The number of amides is 1. The first-order valence-corrected chi connectivity index (χ1v) is 5.68. The van der Waals surface area contributed by atoms with Gasteiger partial charge < -0.3 is 11.1 Å². The van der Waals surface area contributed by atoms with Gasteiger partial charge in [0.15, 0.2) is 0 Å². The third-order valence-corrected chi connectivity index (χ3v) is 4.33. The number of hydrogen-bond donors (Lipinski definition) is 2. The van der Waals surface area contributed by atoms with Crippen LogP contribution in [0.15, 0.2) is 0 Å². The minimum Gasteiger partial charge on any atom is -0.351 e. The Bertz CT molecular complexity index is 255. The van der Waals surface area contributed by atoms with Crippen LogP contribution in [0.5, 0.6) is 0 Å². The molecule has 1 amide bonds. The maximum absolute atomic E-state index is 11.8. The highest BCUT2D eigenvalue weighted by atomic mass is 16.2. The van der Waals surface area contributed by atoms with E-state index in [1.807, 2.05) is 13.8 Å². The molecule has 15 heavy (non-hydrogen) atoms. The van der Waals surface area contributed by atoms with Crippen LogP contribution in [-0.4, -0.2) is 18.0 Å². The highest BCUT2D eigenvalue weighted by molar-refractivity contribution is 5.82. The van der Waals surface area contributed by atoms with Gasteiger partial charge >= 0.3 is 0 Å². The molecule has 1 atom stereocenters. The minimum absolute atomic E-state index is 0.0198. The van der Waals surface area contributed by atoms with Gasteiger partial charge in [0, 0.05) is 6.04 Å². The van der Waals surface area contributed by atoms with E-state index in [0.29, 0.717) is 0 Å². The van der Waals surface area contributed by atoms with Crippen LogP contribution >= 0.6 is 0 Å². The standard InChI is InChI=1S/C12H24N2O/c1-7(2)8(13)9(15)14-10-11(3,4)12(10,5)6/h7-8,10H,13H2,1-6H3,(H,14,15)/t8-/m1/s1. The largest absolute Gasteiger partial charge is 0.351 e. The van der Waals surface area contributed by atoms with Gasteiger partial charge in [-0.15, -0.1) is 0 Å². The topological polar surface area (TPSA) is 55.1 Å². The fraction of sp³-hybridized carbons (Fsp3) is 0.917. The second-order valence-electron chi connectivity index (χ2n) is 6.15. The monoisotopic (exact) mass is 212 g/mol. The SMILES string of the molecule is CC(C)[C@@H](N)C(=O)NC1C(C)(C)C1(C)C. The summed E-state index contributed by atoms with van der Waals surface area (Å²) in [7, 11) is 0. The summed E-state index contributed by atoms with van der Waals surface area (Å²) in [6, 6.07) is -0.139. The molecule has 0 aliphatic heterocycles. The molecule has 1 rings (SSSR count). The number of rotatable bonds is 3. The minimum atomic E-state index is -0.391. The van der Waals surface area contributed by atoms with Crippen molar-refractivity contribution in [3.8, 4) is 0 Å². The van der Waals surface area contributed by atoms with Gasteiger partial charge in [-0.25, -0.2) is 0 Å². The van der Waals surface area contributed by atoms with Crippen molar-refractivity contribution in [3.63, 3.8) is 0 Å². The van der Waals surface area contributed by atoms with Crippen molar-refractivity contribution in [2.24, 2.45) is 22.5 Å². The molecule has 0 heterocycles. The Morgan fingerprint density at radius 1 is 1.20 bits per heavy atom. The maximum Gasteiger partial charge on any atom is 0.237 e. The summed E-state index contributed by atoms with van der Waals surface area (Å²) in [4.78, 5) is 11.8. The zero-order chi connectivity index (χ0) is 12.0. The first kappa shape index (κ1) is 12.5. The number of nitrogens with one attached hydrogen (secondary N) is 1. The molecule has 0 aromatic heterocycles. The van der Waals surface area contributed by atoms with Crippen molar-refractivity contribution in [1.82, 2.24) is 5.32 Å². The Morgan fingerprint density at radius 3 is 1.87 bits per heavy atom. The average Bonchev–Trinajstić information content (AvgIpc) is 2.46. The van der Waals surface area contributed by atoms with Gasteiger partial charge in [-0.2, -0.15) is 0 Å². The van der Waals surface area contributed by atoms with E-state index in [-0.39, 0.29) is 28.7 Å². The van der Waals surface area contributed by atoms with Crippen molar-refractivity contribution in [1.29, 1.82) is 0 Å². The molecule has 1 aliphatic rings. The summed E-state index contributed by atoms with van der Waals surface area (Å²) in [5, 5.41) is 3.05. The van der Waals surface area contributed by atoms with Crippen molar-refractivity contribution >= 4 is 5.91 Å². The van der Waals surface area contributed by atoms with Crippen LogP contribution in [0.2, 0.25) is 0 Å². The van der Waals surface area contributed by atoms with Crippen molar-refractivity contribution in [2.45, 2.75) is 53.6 Å². The van der Waals surface area contributed by atoms with Crippen LogP contribution in [0, 0.1) is 16.7 Å². The zero-order valence-electron chi connectivity index (χ0n) is 10.7. The quantitative estimate of drug-likeness (QED) is 0.745. The molecule has 0 radical (unpaired) electrons.